The van der Waals surface area contributed by atoms with Gasteiger partial charge in [0.05, 0.1) is 6.61 Å². The van der Waals surface area contributed by atoms with E-state index in [0.29, 0.717) is 19.2 Å². The van der Waals surface area contributed by atoms with Crippen molar-refractivity contribution in [2.75, 3.05) is 32.8 Å². The van der Waals surface area contributed by atoms with E-state index in [1.54, 1.807) is 0 Å². The molecule has 0 aromatic carbocycles. The fraction of sp³-hybridized carbons (Fsp3) is 0.875. The standard InChI is InChI=1S/C8H15N3O2/c9-8(12)7-5-11(1-2-13-7)6-3-10-4-6/h6-7,10H,1-5H2,(H2,9,12). The van der Waals surface area contributed by atoms with Gasteiger partial charge in [-0.3, -0.25) is 9.69 Å². The van der Waals surface area contributed by atoms with Crippen molar-refractivity contribution in [3.63, 3.8) is 0 Å². The van der Waals surface area contributed by atoms with E-state index in [0.717, 1.165) is 19.6 Å². The second-order valence-corrected chi connectivity index (χ2v) is 3.57. The van der Waals surface area contributed by atoms with E-state index in [2.05, 4.69) is 10.2 Å². The number of carbonyl (C=O) groups is 1. The summed E-state index contributed by atoms with van der Waals surface area (Å²) >= 11 is 0. The van der Waals surface area contributed by atoms with Crippen LogP contribution in [0.2, 0.25) is 0 Å². The highest BCUT2D eigenvalue weighted by Crippen LogP contribution is 2.11. The lowest BCUT2D eigenvalue weighted by molar-refractivity contribution is -0.137. The van der Waals surface area contributed by atoms with Crippen LogP contribution in [0.15, 0.2) is 0 Å². The number of nitrogens with one attached hydrogen (secondary N) is 1. The minimum absolute atomic E-state index is 0.350. The second-order valence-electron chi connectivity index (χ2n) is 3.57. The molecule has 1 atom stereocenters. The number of rotatable bonds is 2. The summed E-state index contributed by atoms with van der Waals surface area (Å²) in [5.74, 6) is -0.350. The predicted octanol–water partition coefficient (Wildman–Crippen LogP) is -1.86. The van der Waals surface area contributed by atoms with Gasteiger partial charge in [0, 0.05) is 32.2 Å². The predicted molar refractivity (Wildman–Crippen MR) is 47.2 cm³/mol. The molecule has 2 aliphatic rings. The highest BCUT2D eigenvalue weighted by Gasteiger charge is 2.31. The molecule has 0 aromatic heterocycles. The molecule has 0 aliphatic carbocycles. The Morgan fingerprint density at radius 2 is 2.31 bits per heavy atom. The molecule has 2 aliphatic heterocycles. The van der Waals surface area contributed by atoms with Gasteiger partial charge in [-0.2, -0.15) is 0 Å². The van der Waals surface area contributed by atoms with Crippen molar-refractivity contribution in [3.8, 4) is 0 Å². The quantitative estimate of drug-likeness (QED) is 0.529. The lowest BCUT2D eigenvalue weighted by atomic mass is 10.1. The number of hydrogen-bond donors (Lipinski definition) is 2. The minimum Gasteiger partial charge on any atom is -0.367 e. The maximum atomic E-state index is 10.9. The molecule has 0 radical (unpaired) electrons. The molecule has 1 amide bonds. The topological polar surface area (TPSA) is 67.6 Å². The number of carbonyl (C=O) groups excluding carboxylic acids is 1. The van der Waals surface area contributed by atoms with Crippen LogP contribution in [0.25, 0.3) is 0 Å². The van der Waals surface area contributed by atoms with Gasteiger partial charge in [-0.05, 0) is 0 Å². The lowest BCUT2D eigenvalue weighted by Gasteiger charge is -2.41. The zero-order valence-corrected chi connectivity index (χ0v) is 7.53. The zero-order valence-electron chi connectivity index (χ0n) is 7.53. The van der Waals surface area contributed by atoms with Crippen molar-refractivity contribution < 1.29 is 9.53 Å². The summed E-state index contributed by atoms with van der Waals surface area (Å²) in [7, 11) is 0. The van der Waals surface area contributed by atoms with Crippen LogP contribution in [0, 0.1) is 0 Å². The van der Waals surface area contributed by atoms with Gasteiger partial charge >= 0.3 is 0 Å². The molecule has 5 nitrogen and oxygen atoms in total. The average Bonchev–Trinajstić information content (AvgIpc) is 2.01. The fourth-order valence-corrected chi connectivity index (χ4v) is 1.70. The lowest BCUT2D eigenvalue weighted by Crippen LogP contribution is -2.62. The van der Waals surface area contributed by atoms with Gasteiger partial charge in [0.25, 0.3) is 0 Å². The average molecular weight is 185 g/mol. The first kappa shape index (κ1) is 8.93. The van der Waals surface area contributed by atoms with Crippen LogP contribution in [0.5, 0.6) is 0 Å². The molecular weight excluding hydrogens is 170 g/mol. The SMILES string of the molecule is NC(=O)C1CN(C2CNC2)CCO1. The maximum Gasteiger partial charge on any atom is 0.247 e. The molecule has 0 bridgehead atoms. The summed E-state index contributed by atoms with van der Waals surface area (Å²) in [5.41, 5.74) is 5.18. The van der Waals surface area contributed by atoms with Gasteiger partial charge < -0.3 is 15.8 Å². The zero-order chi connectivity index (χ0) is 9.26. The first-order valence-electron chi connectivity index (χ1n) is 4.63. The van der Waals surface area contributed by atoms with Crippen LogP contribution in [0.4, 0.5) is 0 Å². The molecule has 0 aromatic rings. The van der Waals surface area contributed by atoms with E-state index in [1.165, 1.54) is 0 Å². The first-order valence-corrected chi connectivity index (χ1v) is 4.63. The van der Waals surface area contributed by atoms with Crippen LogP contribution in [0.3, 0.4) is 0 Å². The van der Waals surface area contributed by atoms with Gasteiger partial charge in [0.2, 0.25) is 5.91 Å². The maximum absolute atomic E-state index is 10.9. The third-order valence-electron chi connectivity index (χ3n) is 2.69. The third-order valence-corrected chi connectivity index (χ3v) is 2.69. The molecule has 3 N–H and O–H groups in total. The summed E-state index contributed by atoms with van der Waals surface area (Å²) in [6.45, 7) is 4.22. The fourth-order valence-electron chi connectivity index (χ4n) is 1.70. The molecule has 2 saturated heterocycles. The van der Waals surface area contributed by atoms with E-state index in [9.17, 15) is 4.79 Å². The Morgan fingerprint density at radius 3 is 2.85 bits per heavy atom. The largest absolute Gasteiger partial charge is 0.367 e. The van der Waals surface area contributed by atoms with Gasteiger partial charge in [-0.1, -0.05) is 0 Å². The van der Waals surface area contributed by atoms with E-state index in [1.807, 2.05) is 0 Å². The van der Waals surface area contributed by atoms with Gasteiger partial charge in [-0.15, -0.1) is 0 Å². The van der Waals surface area contributed by atoms with E-state index < -0.39 is 6.10 Å². The van der Waals surface area contributed by atoms with Gasteiger partial charge in [0.15, 0.2) is 0 Å². The normalized spacial score (nSPS) is 31.2. The van der Waals surface area contributed by atoms with Crippen LogP contribution < -0.4 is 11.1 Å². The Balaban J connectivity index is 1.87. The Hall–Kier alpha value is -0.650. The Labute approximate surface area is 77.2 Å². The Kier molecular flexibility index (Phi) is 2.48. The number of amides is 1. The van der Waals surface area contributed by atoms with Crippen molar-refractivity contribution in [1.29, 1.82) is 0 Å². The number of nitrogens with zero attached hydrogens (tertiary/aromatic N) is 1. The second kappa shape index (κ2) is 3.61. The van der Waals surface area contributed by atoms with E-state index in [4.69, 9.17) is 10.5 Å². The van der Waals surface area contributed by atoms with Crippen LogP contribution in [-0.2, 0) is 9.53 Å². The van der Waals surface area contributed by atoms with Crippen LogP contribution in [-0.4, -0.2) is 55.7 Å². The molecule has 2 rings (SSSR count). The highest BCUT2D eigenvalue weighted by atomic mass is 16.5. The van der Waals surface area contributed by atoms with Gasteiger partial charge in [-0.25, -0.2) is 0 Å². The summed E-state index contributed by atoms with van der Waals surface area (Å²) in [4.78, 5) is 13.2. The monoisotopic (exact) mass is 185 g/mol. The number of nitrogens with two attached hydrogens (primary N) is 1. The van der Waals surface area contributed by atoms with Crippen LogP contribution in [0.1, 0.15) is 0 Å². The number of primary amides is 1. The third kappa shape index (κ3) is 1.82. The molecular formula is C8H15N3O2. The molecule has 2 fully saturated rings. The molecule has 13 heavy (non-hydrogen) atoms. The van der Waals surface area contributed by atoms with E-state index >= 15 is 0 Å². The first-order chi connectivity index (χ1) is 6.27. The number of morpholine rings is 1. The molecule has 1 unspecified atom stereocenters. The molecule has 0 spiro atoms. The number of hydrogen-bond acceptors (Lipinski definition) is 4. The molecule has 74 valence electrons. The summed E-state index contributed by atoms with van der Waals surface area (Å²) in [6, 6.07) is 0.575. The Morgan fingerprint density at radius 1 is 1.54 bits per heavy atom. The van der Waals surface area contributed by atoms with Crippen molar-refractivity contribution in [2.45, 2.75) is 12.1 Å². The molecule has 0 saturated carbocycles. The van der Waals surface area contributed by atoms with Crippen molar-refractivity contribution >= 4 is 5.91 Å². The minimum atomic E-state index is -0.408. The van der Waals surface area contributed by atoms with Gasteiger partial charge in [0.1, 0.15) is 6.10 Å². The summed E-state index contributed by atoms with van der Waals surface area (Å²) in [6.07, 6.45) is -0.408. The summed E-state index contributed by atoms with van der Waals surface area (Å²) in [5, 5.41) is 3.20. The van der Waals surface area contributed by atoms with Crippen LogP contribution >= 0.6 is 0 Å². The molecule has 2 heterocycles. The van der Waals surface area contributed by atoms with Crippen molar-refractivity contribution in [3.05, 3.63) is 0 Å². The highest BCUT2D eigenvalue weighted by molar-refractivity contribution is 5.79. The van der Waals surface area contributed by atoms with Crippen molar-refractivity contribution in [1.82, 2.24) is 10.2 Å². The molecule has 5 heteroatoms. The summed E-state index contributed by atoms with van der Waals surface area (Å²) < 4.78 is 5.25. The van der Waals surface area contributed by atoms with E-state index in [-0.39, 0.29) is 5.91 Å². The number of ether oxygens (including phenoxy) is 1. The Bertz CT molecular complexity index is 206. The van der Waals surface area contributed by atoms with Crippen molar-refractivity contribution in [2.24, 2.45) is 5.73 Å². The smallest absolute Gasteiger partial charge is 0.247 e.